The second-order valence-electron chi connectivity index (χ2n) is 5.25. The fourth-order valence-corrected chi connectivity index (χ4v) is 3.31. The maximum Gasteiger partial charge on any atom is 0.350 e. The van der Waals surface area contributed by atoms with E-state index in [0.29, 0.717) is 32.3 Å². The summed E-state index contributed by atoms with van der Waals surface area (Å²) in [6, 6.07) is 6.34. The van der Waals surface area contributed by atoms with Gasteiger partial charge >= 0.3 is 5.97 Å². The third kappa shape index (κ3) is 4.79. The van der Waals surface area contributed by atoms with Gasteiger partial charge in [-0.25, -0.2) is 19.7 Å². The first-order valence-electron chi connectivity index (χ1n) is 7.61. The molecule has 0 saturated carbocycles. The number of aryl methyl sites for hydroxylation is 1. The van der Waals surface area contributed by atoms with Crippen molar-refractivity contribution in [2.75, 3.05) is 11.9 Å². The lowest BCUT2D eigenvalue weighted by Gasteiger charge is -2.08. The van der Waals surface area contributed by atoms with Crippen LogP contribution in [0.3, 0.4) is 0 Å². The van der Waals surface area contributed by atoms with E-state index in [0.717, 1.165) is 11.3 Å². The molecule has 1 N–H and O–H groups in total. The first-order chi connectivity index (χ1) is 12.9. The van der Waals surface area contributed by atoms with Gasteiger partial charge in [0.25, 0.3) is 5.91 Å². The minimum Gasteiger partial charge on any atom is -0.451 e. The van der Waals surface area contributed by atoms with E-state index in [4.69, 9.17) is 27.9 Å². The van der Waals surface area contributed by atoms with E-state index in [1.165, 1.54) is 6.07 Å². The maximum atomic E-state index is 12.3. The molecule has 2 aromatic heterocycles. The predicted octanol–water partition coefficient (Wildman–Crippen LogP) is 4.01. The summed E-state index contributed by atoms with van der Waals surface area (Å²) in [5, 5.41) is 3.78. The van der Waals surface area contributed by atoms with Gasteiger partial charge in [-0.05, 0) is 31.2 Å². The van der Waals surface area contributed by atoms with E-state index in [2.05, 4.69) is 20.3 Å². The third-order valence-corrected chi connectivity index (χ3v) is 4.97. The second-order valence-corrected chi connectivity index (χ2v) is 7.10. The van der Waals surface area contributed by atoms with Gasteiger partial charge in [-0.2, -0.15) is 0 Å². The summed E-state index contributed by atoms with van der Waals surface area (Å²) in [4.78, 5) is 37.0. The van der Waals surface area contributed by atoms with E-state index in [1.807, 2.05) is 0 Å². The van der Waals surface area contributed by atoms with E-state index in [1.54, 1.807) is 37.5 Å². The van der Waals surface area contributed by atoms with Crippen LogP contribution in [0.4, 0.5) is 5.69 Å². The van der Waals surface area contributed by atoms with Crippen molar-refractivity contribution < 1.29 is 14.3 Å². The van der Waals surface area contributed by atoms with Crippen LogP contribution in [0.15, 0.2) is 36.7 Å². The molecular weight excluding hydrogens is 411 g/mol. The van der Waals surface area contributed by atoms with Gasteiger partial charge in [0.2, 0.25) is 0 Å². The van der Waals surface area contributed by atoms with Crippen LogP contribution >= 0.6 is 34.5 Å². The third-order valence-electron chi connectivity index (χ3n) is 3.28. The zero-order valence-electron chi connectivity index (χ0n) is 13.9. The average molecular weight is 423 g/mol. The number of carbonyl (C=O) groups excluding carboxylic acids is 2. The van der Waals surface area contributed by atoms with Crippen LogP contribution in [0.5, 0.6) is 0 Å². The Morgan fingerprint density at radius 2 is 1.96 bits per heavy atom. The Balaban J connectivity index is 1.63. The van der Waals surface area contributed by atoms with Gasteiger partial charge in [0.1, 0.15) is 4.88 Å². The summed E-state index contributed by atoms with van der Waals surface area (Å²) >= 11 is 12.9. The molecule has 1 aromatic carbocycles. The summed E-state index contributed by atoms with van der Waals surface area (Å²) in [6.07, 6.45) is 3.17. The van der Waals surface area contributed by atoms with Crippen LogP contribution in [0.1, 0.15) is 15.4 Å². The number of halogens is 2. The number of carbonyl (C=O) groups is 2. The first kappa shape index (κ1) is 19.2. The standard InChI is InChI=1S/C17H12Cl2N4O3S/c1-9-14(27-16(22-9)15-20-5-2-6-21-15)17(25)26-8-13(24)23-12-7-10(18)3-4-11(12)19/h2-7H,8H2,1H3,(H,23,24). The number of anilines is 1. The molecule has 2 heterocycles. The molecule has 0 aliphatic heterocycles. The predicted molar refractivity (Wildman–Crippen MR) is 103 cm³/mol. The summed E-state index contributed by atoms with van der Waals surface area (Å²) < 4.78 is 5.06. The van der Waals surface area contributed by atoms with Crippen LogP contribution in [0, 0.1) is 6.92 Å². The van der Waals surface area contributed by atoms with Crippen molar-refractivity contribution in [3.05, 3.63) is 57.3 Å². The zero-order chi connectivity index (χ0) is 19.4. The monoisotopic (exact) mass is 422 g/mol. The summed E-state index contributed by atoms with van der Waals surface area (Å²) in [5.74, 6) is -0.779. The van der Waals surface area contributed by atoms with Crippen LogP contribution < -0.4 is 5.32 Å². The molecule has 0 unspecified atom stereocenters. The Hall–Kier alpha value is -2.55. The van der Waals surface area contributed by atoms with Crippen LogP contribution in [0.2, 0.25) is 10.0 Å². The molecule has 1 amide bonds. The van der Waals surface area contributed by atoms with Gasteiger partial charge in [0, 0.05) is 17.4 Å². The number of benzene rings is 1. The number of hydrogen-bond acceptors (Lipinski definition) is 7. The molecular formula is C17H12Cl2N4O3S. The van der Waals surface area contributed by atoms with Crippen molar-refractivity contribution >= 4 is 52.1 Å². The molecule has 0 fully saturated rings. The molecule has 0 aliphatic carbocycles. The number of amides is 1. The lowest BCUT2D eigenvalue weighted by atomic mass is 10.3. The number of nitrogens with one attached hydrogen (secondary N) is 1. The Morgan fingerprint density at radius 1 is 1.22 bits per heavy atom. The van der Waals surface area contributed by atoms with Gasteiger partial charge in [0.15, 0.2) is 17.4 Å². The Labute approximate surface area is 168 Å². The zero-order valence-corrected chi connectivity index (χ0v) is 16.2. The second kappa shape index (κ2) is 8.43. The Kier molecular flexibility index (Phi) is 6.00. The van der Waals surface area contributed by atoms with Gasteiger partial charge in [-0.1, -0.05) is 23.2 Å². The lowest BCUT2D eigenvalue weighted by molar-refractivity contribution is -0.119. The summed E-state index contributed by atoms with van der Waals surface area (Å²) in [7, 11) is 0. The van der Waals surface area contributed by atoms with E-state index in [-0.39, 0.29) is 4.88 Å². The van der Waals surface area contributed by atoms with Crippen molar-refractivity contribution in [1.29, 1.82) is 0 Å². The minimum absolute atomic E-state index is 0.283. The van der Waals surface area contributed by atoms with Crippen molar-refractivity contribution in [2.45, 2.75) is 6.92 Å². The van der Waals surface area contributed by atoms with E-state index in [9.17, 15) is 9.59 Å². The highest BCUT2D eigenvalue weighted by Crippen LogP contribution is 2.26. The largest absolute Gasteiger partial charge is 0.451 e. The molecule has 138 valence electrons. The quantitative estimate of drug-likeness (QED) is 0.624. The van der Waals surface area contributed by atoms with Crippen LogP contribution in [-0.2, 0) is 9.53 Å². The lowest BCUT2D eigenvalue weighted by Crippen LogP contribution is -2.21. The van der Waals surface area contributed by atoms with Crippen molar-refractivity contribution in [2.24, 2.45) is 0 Å². The molecule has 0 spiro atoms. The number of ether oxygens (including phenoxy) is 1. The molecule has 27 heavy (non-hydrogen) atoms. The highest BCUT2D eigenvalue weighted by molar-refractivity contribution is 7.16. The molecule has 3 aromatic rings. The normalized spacial score (nSPS) is 10.5. The Bertz CT molecular complexity index is 995. The fourth-order valence-electron chi connectivity index (χ4n) is 2.07. The van der Waals surface area contributed by atoms with Crippen LogP contribution in [-0.4, -0.2) is 33.4 Å². The molecule has 0 saturated heterocycles. The molecule has 10 heteroatoms. The topological polar surface area (TPSA) is 94.1 Å². The number of rotatable bonds is 5. The molecule has 3 rings (SSSR count). The summed E-state index contributed by atoms with van der Waals surface area (Å²) in [5.41, 5.74) is 0.813. The average Bonchev–Trinajstić information content (AvgIpc) is 3.05. The highest BCUT2D eigenvalue weighted by atomic mass is 35.5. The maximum absolute atomic E-state index is 12.3. The fraction of sp³-hybridized carbons (Fsp3) is 0.118. The van der Waals surface area contributed by atoms with Crippen molar-refractivity contribution in [3.8, 4) is 10.8 Å². The van der Waals surface area contributed by atoms with Crippen LogP contribution in [0.25, 0.3) is 10.8 Å². The number of esters is 1. The van der Waals surface area contributed by atoms with Gasteiger partial charge in [0.05, 0.1) is 16.4 Å². The highest BCUT2D eigenvalue weighted by Gasteiger charge is 2.20. The minimum atomic E-state index is -0.653. The molecule has 0 aliphatic rings. The molecule has 0 radical (unpaired) electrons. The first-order valence-corrected chi connectivity index (χ1v) is 9.18. The van der Waals surface area contributed by atoms with Crippen molar-refractivity contribution in [1.82, 2.24) is 15.0 Å². The van der Waals surface area contributed by atoms with E-state index < -0.39 is 18.5 Å². The number of thiazole rings is 1. The molecule has 0 atom stereocenters. The van der Waals surface area contributed by atoms with E-state index >= 15 is 0 Å². The van der Waals surface area contributed by atoms with Crippen molar-refractivity contribution in [3.63, 3.8) is 0 Å². The molecule has 0 bridgehead atoms. The number of aromatic nitrogens is 3. The number of hydrogen-bond donors (Lipinski definition) is 1. The Morgan fingerprint density at radius 3 is 2.70 bits per heavy atom. The van der Waals surface area contributed by atoms with Gasteiger partial charge in [-0.15, -0.1) is 11.3 Å². The molecule has 7 nitrogen and oxygen atoms in total. The van der Waals surface area contributed by atoms with Gasteiger partial charge in [-0.3, -0.25) is 4.79 Å². The SMILES string of the molecule is Cc1nc(-c2ncccn2)sc1C(=O)OCC(=O)Nc1cc(Cl)ccc1Cl. The van der Waals surface area contributed by atoms with Gasteiger partial charge < -0.3 is 10.1 Å². The summed E-state index contributed by atoms with van der Waals surface area (Å²) in [6.45, 7) is 1.20. The smallest absolute Gasteiger partial charge is 0.350 e. The number of nitrogens with zero attached hydrogens (tertiary/aromatic N) is 3.